The number of rotatable bonds is 6. The van der Waals surface area contributed by atoms with Crippen molar-refractivity contribution in [3.63, 3.8) is 0 Å². The van der Waals surface area contributed by atoms with Crippen LogP contribution in [0.1, 0.15) is 39.5 Å². The number of epoxide rings is 1. The van der Waals surface area contributed by atoms with Crippen LogP contribution in [0, 0.1) is 0 Å². The largest absolute Gasteiger partial charge is 0.354 e. The molecule has 0 bridgehead atoms. The average Bonchev–Trinajstić information content (AvgIpc) is 2.67. The van der Waals surface area contributed by atoms with Gasteiger partial charge in [0.25, 0.3) is 0 Å². The van der Waals surface area contributed by atoms with Gasteiger partial charge in [0.2, 0.25) is 0 Å². The van der Waals surface area contributed by atoms with Crippen molar-refractivity contribution in [1.82, 2.24) is 5.32 Å². The van der Waals surface area contributed by atoms with Crippen LogP contribution in [0.3, 0.4) is 0 Å². The van der Waals surface area contributed by atoms with E-state index in [0.717, 1.165) is 6.54 Å². The van der Waals surface area contributed by atoms with Crippen molar-refractivity contribution in [1.29, 1.82) is 0 Å². The summed E-state index contributed by atoms with van der Waals surface area (Å²) in [7, 11) is 0. The molecule has 1 rings (SSSR count). The minimum absolute atomic E-state index is 0.372. The van der Waals surface area contributed by atoms with Crippen LogP contribution in [0.4, 0.5) is 0 Å². The number of ether oxygens (including phenoxy) is 1. The third-order valence-corrected chi connectivity index (χ3v) is 2.09. The first-order valence-electron chi connectivity index (χ1n) is 4.73. The van der Waals surface area contributed by atoms with E-state index in [4.69, 9.17) is 4.74 Å². The molecule has 0 amide bonds. The van der Waals surface area contributed by atoms with Crippen molar-refractivity contribution in [2.75, 3.05) is 6.54 Å². The fourth-order valence-electron chi connectivity index (χ4n) is 1.20. The van der Waals surface area contributed by atoms with E-state index in [9.17, 15) is 0 Å². The highest BCUT2D eigenvalue weighted by molar-refractivity contribution is 4.77. The summed E-state index contributed by atoms with van der Waals surface area (Å²) < 4.78 is 5.21. The summed E-state index contributed by atoms with van der Waals surface area (Å²) in [6, 6.07) is 0. The zero-order chi connectivity index (χ0) is 8.10. The maximum Gasteiger partial charge on any atom is 0.134 e. The molecule has 1 N–H and O–H groups in total. The summed E-state index contributed by atoms with van der Waals surface area (Å²) >= 11 is 0. The molecule has 0 saturated carbocycles. The van der Waals surface area contributed by atoms with Gasteiger partial charge in [-0.25, -0.2) is 0 Å². The quantitative estimate of drug-likeness (QED) is 0.470. The summed E-state index contributed by atoms with van der Waals surface area (Å²) in [5.74, 6) is 0. The highest BCUT2D eigenvalue weighted by Crippen LogP contribution is 2.17. The number of unbranched alkanes of at least 4 members (excludes halogenated alkanes) is 3. The smallest absolute Gasteiger partial charge is 0.134 e. The lowest BCUT2D eigenvalue weighted by Crippen LogP contribution is -2.20. The Labute approximate surface area is 69.3 Å². The van der Waals surface area contributed by atoms with Gasteiger partial charge in [-0.15, -0.1) is 0 Å². The second kappa shape index (κ2) is 4.73. The van der Waals surface area contributed by atoms with Gasteiger partial charge < -0.3 is 4.74 Å². The molecule has 2 heteroatoms. The molecule has 0 radical (unpaired) electrons. The van der Waals surface area contributed by atoms with Crippen LogP contribution < -0.4 is 5.32 Å². The SMILES string of the molecule is CCCCCCNC1OC1C. The van der Waals surface area contributed by atoms with E-state index in [2.05, 4.69) is 19.2 Å². The summed E-state index contributed by atoms with van der Waals surface area (Å²) in [6.45, 7) is 5.46. The third kappa shape index (κ3) is 3.73. The average molecular weight is 157 g/mol. The van der Waals surface area contributed by atoms with Crippen molar-refractivity contribution >= 4 is 0 Å². The number of nitrogens with one attached hydrogen (secondary N) is 1. The highest BCUT2D eigenvalue weighted by atomic mass is 16.6. The van der Waals surface area contributed by atoms with E-state index in [1.54, 1.807) is 0 Å². The Morgan fingerprint density at radius 3 is 2.55 bits per heavy atom. The summed E-state index contributed by atoms with van der Waals surface area (Å²) in [4.78, 5) is 0. The second-order valence-electron chi connectivity index (χ2n) is 3.28. The first kappa shape index (κ1) is 9.01. The van der Waals surface area contributed by atoms with Gasteiger partial charge in [0.1, 0.15) is 6.23 Å². The normalized spacial score (nSPS) is 28.9. The molecule has 1 heterocycles. The molecule has 2 atom stereocenters. The van der Waals surface area contributed by atoms with Crippen molar-refractivity contribution in [2.24, 2.45) is 0 Å². The lowest BCUT2D eigenvalue weighted by molar-refractivity contribution is 0.348. The molecule has 1 aliphatic heterocycles. The minimum Gasteiger partial charge on any atom is -0.354 e. The molecule has 1 saturated heterocycles. The third-order valence-electron chi connectivity index (χ3n) is 2.09. The molecule has 0 aliphatic carbocycles. The van der Waals surface area contributed by atoms with Crippen LogP contribution in [0.5, 0.6) is 0 Å². The Morgan fingerprint density at radius 2 is 2.00 bits per heavy atom. The molecule has 0 spiro atoms. The first-order valence-corrected chi connectivity index (χ1v) is 4.73. The van der Waals surface area contributed by atoms with Gasteiger partial charge in [-0.05, 0) is 19.9 Å². The second-order valence-corrected chi connectivity index (χ2v) is 3.28. The van der Waals surface area contributed by atoms with E-state index in [-0.39, 0.29) is 0 Å². The molecule has 2 unspecified atom stereocenters. The standard InChI is InChI=1S/C9H19NO/c1-3-4-5-6-7-10-9-8(2)11-9/h8-10H,3-7H2,1-2H3. The van der Waals surface area contributed by atoms with Gasteiger partial charge in [-0.1, -0.05) is 26.2 Å². The lowest BCUT2D eigenvalue weighted by Gasteiger charge is -1.99. The molecule has 66 valence electrons. The lowest BCUT2D eigenvalue weighted by atomic mass is 10.2. The summed E-state index contributed by atoms with van der Waals surface area (Å²) in [5.41, 5.74) is 0. The minimum atomic E-state index is 0.372. The van der Waals surface area contributed by atoms with Gasteiger partial charge in [0.05, 0.1) is 6.10 Å². The predicted molar refractivity (Wildman–Crippen MR) is 46.5 cm³/mol. The number of hydrogen-bond acceptors (Lipinski definition) is 2. The molecule has 0 aromatic carbocycles. The van der Waals surface area contributed by atoms with Crippen LogP contribution in [0.2, 0.25) is 0 Å². The molecule has 0 aromatic rings. The summed E-state index contributed by atoms with van der Waals surface area (Å²) in [6.07, 6.45) is 6.15. The van der Waals surface area contributed by atoms with Crippen molar-refractivity contribution in [3.8, 4) is 0 Å². The monoisotopic (exact) mass is 157 g/mol. The molecule has 1 fully saturated rings. The van der Waals surface area contributed by atoms with Crippen LogP contribution in [0.25, 0.3) is 0 Å². The highest BCUT2D eigenvalue weighted by Gasteiger charge is 2.32. The maximum atomic E-state index is 5.21. The first-order chi connectivity index (χ1) is 5.34. The van der Waals surface area contributed by atoms with Crippen molar-refractivity contribution in [2.45, 2.75) is 51.9 Å². The van der Waals surface area contributed by atoms with Crippen LogP contribution in [0.15, 0.2) is 0 Å². The molecule has 11 heavy (non-hydrogen) atoms. The molecule has 1 aliphatic rings. The van der Waals surface area contributed by atoms with E-state index in [1.807, 2.05) is 0 Å². The Morgan fingerprint density at radius 1 is 1.27 bits per heavy atom. The van der Waals surface area contributed by atoms with Crippen molar-refractivity contribution < 1.29 is 4.74 Å². The van der Waals surface area contributed by atoms with E-state index >= 15 is 0 Å². The summed E-state index contributed by atoms with van der Waals surface area (Å²) in [5, 5.41) is 3.34. The molecular weight excluding hydrogens is 138 g/mol. The topological polar surface area (TPSA) is 24.6 Å². The zero-order valence-corrected chi connectivity index (χ0v) is 7.60. The van der Waals surface area contributed by atoms with Gasteiger partial charge in [-0.3, -0.25) is 5.32 Å². The van der Waals surface area contributed by atoms with E-state index < -0.39 is 0 Å². The number of hydrogen-bond donors (Lipinski definition) is 1. The van der Waals surface area contributed by atoms with E-state index in [1.165, 1.54) is 25.7 Å². The van der Waals surface area contributed by atoms with E-state index in [0.29, 0.717) is 12.3 Å². The predicted octanol–water partition coefficient (Wildman–Crippen LogP) is 1.90. The molecule has 2 nitrogen and oxygen atoms in total. The Hall–Kier alpha value is -0.0800. The fourth-order valence-corrected chi connectivity index (χ4v) is 1.20. The zero-order valence-electron chi connectivity index (χ0n) is 7.60. The Bertz CT molecular complexity index is 106. The van der Waals surface area contributed by atoms with Crippen LogP contribution in [-0.4, -0.2) is 18.9 Å². The molecular formula is C9H19NO. The van der Waals surface area contributed by atoms with Gasteiger partial charge in [-0.2, -0.15) is 0 Å². The fraction of sp³-hybridized carbons (Fsp3) is 1.00. The van der Waals surface area contributed by atoms with Gasteiger partial charge in [0, 0.05) is 0 Å². The van der Waals surface area contributed by atoms with Crippen LogP contribution in [-0.2, 0) is 4.74 Å². The van der Waals surface area contributed by atoms with Gasteiger partial charge in [0.15, 0.2) is 0 Å². The Kier molecular flexibility index (Phi) is 3.87. The Balaban J connectivity index is 1.74. The van der Waals surface area contributed by atoms with Gasteiger partial charge >= 0.3 is 0 Å². The van der Waals surface area contributed by atoms with Crippen LogP contribution >= 0.6 is 0 Å². The van der Waals surface area contributed by atoms with Crippen molar-refractivity contribution in [3.05, 3.63) is 0 Å². The maximum absolute atomic E-state index is 5.21. The molecule has 0 aromatic heterocycles.